The molecule has 0 amide bonds. The number of thioether (sulfide) groups is 1. The molecule has 0 fully saturated rings. The highest BCUT2D eigenvalue weighted by Gasteiger charge is 2.19. The van der Waals surface area contributed by atoms with Gasteiger partial charge in [0, 0.05) is 5.69 Å². The van der Waals surface area contributed by atoms with Gasteiger partial charge in [0.2, 0.25) is 0 Å². The number of nitrogen functional groups attached to an aromatic ring is 1. The summed E-state index contributed by atoms with van der Waals surface area (Å²) in [6.07, 6.45) is 6.63. The van der Waals surface area contributed by atoms with Crippen molar-refractivity contribution in [3.63, 3.8) is 0 Å². The molecule has 0 atom stereocenters. The first-order valence-corrected chi connectivity index (χ1v) is 6.98. The smallest absolute Gasteiger partial charge is 0.191 e. The zero-order valence-electron chi connectivity index (χ0n) is 9.71. The summed E-state index contributed by atoms with van der Waals surface area (Å²) in [6, 6.07) is 0. The molecular weight excluding hydrogens is 234 g/mol. The van der Waals surface area contributed by atoms with Gasteiger partial charge in [-0.25, -0.2) is 15.8 Å². The van der Waals surface area contributed by atoms with Crippen LogP contribution in [-0.2, 0) is 12.8 Å². The summed E-state index contributed by atoms with van der Waals surface area (Å²) in [4.78, 5) is 12.3. The fourth-order valence-corrected chi connectivity index (χ4v) is 2.84. The molecule has 5 nitrogen and oxygen atoms in total. The van der Waals surface area contributed by atoms with Crippen LogP contribution in [0.2, 0.25) is 0 Å². The zero-order chi connectivity index (χ0) is 11.8. The fourth-order valence-electron chi connectivity index (χ4n) is 2.47. The lowest BCUT2D eigenvalue weighted by molar-refractivity contribution is 0.680. The fraction of sp³-hybridized carbons (Fsp3) is 0.455. The van der Waals surface area contributed by atoms with Crippen molar-refractivity contribution in [3.8, 4) is 0 Å². The molecule has 1 aliphatic rings. The first-order chi connectivity index (χ1) is 8.33. The lowest BCUT2D eigenvalue weighted by atomic mass is 9.96. The maximum absolute atomic E-state index is 5.57. The Hall–Kier alpha value is -1.27. The van der Waals surface area contributed by atoms with Crippen LogP contribution in [0.4, 0.5) is 5.82 Å². The molecule has 0 saturated carbocycles. The number of hydrogen-bond acceptors (Lipinski definition) is 5. The van der Waals surface area contributed by atoms with Crippen LogP contribution in [0.3, 0.4) is 0 Å². The minimum atomic E-state index is 0.735. The Morgan fingerprint density at radius 1 is 1.29 bits per heavy atom. The normalized spacial score (nSPS) is 14.9. The standard InChI is InChI=1S/C11H15N5S/c1-17-11-14-9-8(10(15-11)16-12)6-4-2-3-5-7(6)13-9/h2-5,12H2,1H3,(H2,13,14,15,16). The molecule has 17 heavy (non-hydrogen) atoms. The van der Waals surface area contributed by atoms with E-state index in [2.05, 4.69) is 20.4 Å². The summed E-state index contributed by atoms with van der Waals surface area (Å²) in [7, 11) is 0. The Morgan fingerprint density at radius 2 is 2.12 bits per heavy atom. The molecule has 0 unspecified atom stereocenters. The zero-order valence-corrected chi connectivity index (χ0v) is 10.5. The molecule has 0 aliphatic heterocycles. The Kier molecular flexibility index (Phi) is 2.68. The van der Waals surface area contributed by atoms with Crippen molar-refractivity contribution in [2.45, 2.75) is 30.8 Å². The monoisotopic (exact) mass is 249 g/mol. The van der Waals surface area contributed by atoms with Gasteiger partial charge in [0.1, 0.15) is 5.65 Å². The first-order valence-electron chi connectivity index (χ1n) is 5.75. The number of hydrazine groups is 1. The Morgan fingerprint density at radius 3 is 2.88 bits per heavy atom. The van der Waals surface area contributed by atoms with Crippen LogP contribution in [0.5, 0.6) is 0 Å². The molecule has 2 aromatic rings. The number of aromatic nitrogens is 3. The third-order valence-electron chi connectivity index (χ3n) is 3.25. The number of nitrogens with one attached hydrogen (secondary N) is 2. The van der Waals surface area contributed by atoms with E-state index in [1.54, 1.807) is 0 Å². The average Bonchev–Trinajstić information content (AvgIpc) is 2.75. The number of fused-ring (bicyclic) bond motifs is 3. The molecule has 0 bridgehead atoms. The van der Waals surface area contributed by atoms with E-state index in [0.29, 0.717) is 0 Å². The van der Waals surface area contributed by atoms with E-state index in [1.807, 2.05) is 6.26 Å². The molecule has 1 aliphatic carbocycles. The maximum atomic E-state index is 5.57. The van der Waals surface area contributed by atoms with Crippen molar-refractivity contribution in [1.82, 2.24) is 15.0 Å². The van der Waals surface area contributed by atoms with Crippen LogP contribution in [-0.4, -0.2) is 21.2 Å². The van der Waals surface area contributed by atoms with Crippen LogP contribution in [0, 0.1) is 0 Å². The van der Waals surface area contributed by atoms with Crippen LogP contribution >= 0.6 is 11.8 Å². The molecule has 6 heteroatoms. The lowest BCUT2D eigenvalue weighted by Crippen LogP contribution is -2.10. The van der Waals surface area contributed by atoms with E-state index in [0.717, 1.165) is 34.8 Å². The summed E-state index contributed by atoms with van der Waals surface area (Å²) in [5.41, 5.74) is 6.24. The van der Waals surface area contributed by atoms with Crippen LogP contribution in [0.1, 0.15) is 24.1 Å². The predicted octanol–water partition coefficient (Wildman–Crippen LogP) is 1.84. The highest BCUT2D eigenvalue weighted by molar-refractivity contribution is 7.98. The summed E-state index contributed by atoms with van der Waals surface area (Å²) in [5.74, 6) is 6.30. The molecule has 4 N–H and O–H groups in total. The van der Waals surface area contributed by atoms with Crippen molar-refractivity contribution in [3.05, 3.63) is 11.3 Å². The minimum Gasteiger partial charge on any atom is -0.343 e. The molecule has 0 saturated heterocycles. The van der Waals surface area contributed by atoms with Gasteiger partial charge >= 0.3 is 0 Å². The number of rotatable bonds is 2. The Balaban J connectivity index is 2.29. The molecule has 2 aromatic heterocycles. The van der Waals surface area contributed by atoms with Crippen molar-refractivity contribution in [2.24, 2.45) is 5.84 Å². The average molecular weight is 249 g/mol. The van der Waals surface area contributed by atoms with Gasteiger partial charge in [-0.05, 0) is 37.5 Å². The van der Waals surface area contributed by atoms with E-state index in [-0.39, 0.29) is 0 Å². The van der Waals surface area contributed by atoms with Gasteiger partial charge in [-0.1, -0.05) is 11.8 Å². The summed E-state index contributed by atoms with van der Waals surface area (Å²) >= 11 is 1.52. The van der Waals surface area contributed by atoms with Crippen LogP contribution in [0.25, 0.3) is 11.0 Å². The van der Waals surface area contributed by atoms with Gasteiger partial charge in [-0.15, -0.1) is 0 Å². The van der Waals surface area contributed by atoms with Gasteiger partial charge in [0.05, 0.1) is 5.39 Å². The van der Waals surface area contributed by atoms with Crippen molar-refractivity contribution >= 4 is 28.6 Å². The highest BCUT2D eigenvalue weighted by atomic mass is 32.2. The number of aromatic amines is 1. The SMILES string of the molecule is CSc1nc(NN)c2c3c([nH]c2n1)CCCC3. The summed E-state index contributed by atoms with van der Waals surface area (Å²) in [6.45, 7) is 0. The largest absolute Gasteiger partial charge is 0.343 e. The molecular formula is C11H15N5S. The Labute approximate surface area is 104 Å². The third-order valence-corrected chi connectivity index (χ3v) is 3.79. The summed E-state index contributed by atoms with van der Waals surface area (Å²) < 4.78 is 0. The van der Waals surface area contributed by atoms with E-state index in [9.17, 15) is 0 Å². The van der Waals surface area contributed by atoms with E-state index in [1.165, 1.54) is 35.9 Å². The molecule has 0 aromatic carbocycles. The van der Waals surface area contributed by atoms with E-state index < -0.39 is 0 Å². The maximum Gasteiger partial charge on any atom is 0.191 e. The number of nitrogens with zero attached hydrogens (tertiary/aromatic N) is 2. The van der Waals surface area contributed by atoms with E-state index >= 15 is 0 Å². The van der Waals surface area contributed by atoms with Gasteiger partial charge in [0.25, 0.3) is 0 Å². The van der Waals surface area contributed by atoms with Gasteiger partial charge in [-0.2, -0.15) is 0 Å². The first kappa shape index (κ1) is 10.9. The van der Waals surface area contributed by atoms with Crippen molar-refractivity contribution in [2.75, 3.05) is 11.7 Å². The number of aryl methyl sites for hydroxylation is 2. The summed E-state index contributed by atoms with van der Waals surface area (Å²) in [5, 5.41) is 1.81. The van der Waals surface area contributed by atoms with Gasteiger partial charge < -0.3 is 10.4 Å². The highest BCUT2D eigenvalue weighted by Crippen LogP contribution is 2.32. The molecule has 2 heterocycles. The number of hydrogen-bond donors (Lipinski definition) is 3. The molecule has 90 valence electrons. The number of nitrogens with two attached hydrogens (primary N) is 1. The Bertz CT molecular complexity index is 562. The number of H-pyrrole nitrogens is 1. The molecule has 0 spiro atoms. The topological polar surface area (TPSA) is 79.6 Å². The lowest BCUT2D eigenvalue weighted by Gasteiger charge is -2.11. The van der Waals surface area contributed by atoms with Gasteiger partial charge in [-0.3, -0.25) is 0 Å². The quantitative estimate of drug-likeness (QED) is 0.327. The second kappa shape index (κ2) is 4.19. The van der Waals surface area contributed by atoms with E-state index in [4.69, 9.17) is 5.84 Å². The molecule has 3 rings (SSSR count). The third kappa shape index (κ3) is 1.68. The van der Waals surface area contributed by atoms with Crippen LogP contribution in [0.15, 0.2) is 5.16 Å². The second-order valence-electron chi connectivity index (χ2n) is 4.22. The van der Waals surface area contributed by atoms with Crippen molar-refractivity contribution in [1.29, 1.82) is 0 Å². The number of anilines is 1. The van der Waals surface area contributed by atoms with Gasteiger partial charge in [0.15, 0.2) is 11.0 Å². The molecule has 0 radical (unpaired) electrons. The predicted molar refractivity (Wildman–Crippen MR) is 70.1 cm³/mol. The van der Waals surface area contributed by atoms with Crippen LogP contribution < -0.4 is 11.3 Å². The van der Waals surface area contributed by atoms with Crippen molar-refractivity contribution < 1.29 is 0 Å². The second-order valence-corrected chi connectivity index (χ2v) is 4.99. The minimum absolute atomic E-state index is 0.735.